The molecule has 172 valence electrons. The van der Waals surface area contributed by atoms with Crippen LogP contribution in [0.5, 0.6) is 0 Å². The number of aryl methyl sites for hydroxylation is 2. The van der Waals surface area contributed by atoms with Crippen LogP contribution in [0.1, 0.15) is 52.7 Å². The molecule has 0 spiro atoms. The highest BCUT2D eigenvalue weighted by Crippen LogP contribution is 2.30. The number of anilines is 2. The Bertz CT molecular complexity index is 1210. The van der Waals surface area contributed by atoms with Crippen LogP contribution >= 0.6 is 23.6 Å². The minimum Gasteiger partial charge on any atom is -0.349 e. The summed E-state index contributed by atoms with van der Waals surface area (Å²) in [6.07, 6.45) is 4.60. The zero-order valence-electron chi connectivity index (χ0n) is 19.0. The molecule has 0 radical (unpaired) electrons. The summed E-state index contributed by atoms with van der Waals surface area (Å²) in [4.78, 5) is 14.7. The lowest BCUT2D eigenvalue weighted by molar-refractivity contribution is 0.0951. The quantitative estimate of drug-likeness (QED) is 0.394. The molecule has 33 heavy (non-hydrogen) atoms. The van der Waals surface area contributed by atoms with Crippen LogP contribution in [0.4, 0.5) is 10.8 Å². The Morgan fingerprint density at radius 3 is 2.55 bits per heavy atom. The Kier molecular flexibility index (Phi) is 6.32. The van der Waals surface area contributed by atoms with Gasteiger partial charge in [0.15, 0.2) is 3.95 Å². The third kappa shape index (κ3) is 5.69. The number of nitrogens with one attached hydrogen (secondary N) is 2. The Labute approximate surface area is 203 Å². The maximum Gasteiger partial charge on any atom is 0.251 e. The van der Waals surface area contributed by atoms with Gasteiger partial charge in [-0.15, -0.1) is 5.10 Å². The summed E-state index contributed by atoms with van der Waals surface area (Å²) >= 11 is 7.12. The largest absolute Gasteiger partial charge is 0.349 e. The molecule has 0 bridgehead atoms. The number of aromatic nitrogens is 2. The molecule has 1 heterocycles. The first-order valence-electron chi connectivity index (χ1n) is 11.5. The predicted octanol–water partition coefficient (Wildman–Crippen LogP) is 5.55. The lowest BCUT2D eigenvalue weighted by atomic mass is 10.1. The second kappa shape index (κ2) is 9.37. The molecular weight excluding hydrogens is 450 g/mol. The molecule has 1 amide bonds. The minimum absolute atomic E-state index is 0.0284. The smallest absolute Gasteiger partial charge is 0.251 e. The molecule has 3 aromatic rings. The molecule has 2 fully saturated rings. The van der Waals surface area contributed by atoms with Crippen molar-refractivity contribution in [2.75, 3.05) is 5.32 Å². The first-order chi connectivity index (χ1) is 15.9. The molecule has 1 aromatic heterocycles. The van der Waals surface area contributed by atoms with Gasteiger partial charge in [-0.25, -0.2) is 4.68 Å². The molecule has 0 atom stereocenters. The van der Waals surface area contributed by atoms with E-state index in [9.17, 15) is 4.79 Å². The second-order valence-electron chi connectivity index (χ2n) is 9.16. The normalized spacial score (nSPS) is 15.6. The number of hydrogen-bond acceptors (Lipinski definition) is 6. The van der Waals surface area contributed by atoms with E-state index in [-0.39, 0.29) is 5.91 Å². The summed E-state index contributed by atoms with van der Waals surface area (Å²) in [6.45, 7) is 5.70. The van der Waals surface area contributed by atoms with E-state index < -0.39 is 0 Å². The summed E-state index contributed by atoms with van der Waals surface area (Å²) in [6, 6.07) is 15.2. The molecule has 8 heteroatoms. The van der Waals surface area contributed by atoms with Crippen molar-refractivity contribution in [3.05, 3.63) is 68.7 Å². The van der Waals surface area contributed by atoms with Gasteiger partial charge < -0.3 is 10.6 Å². The molecule has 6 nitrogen and oxygen atoms in total. The van der Waals surface area contributed by atoms with Crippen LogP contribution in [0.25, 0.3) is 0 Å². The molecule has 0 unspecified atom stereocenters. The summed E-state index contributed by atoms with van der Waals surface area (Å²) in [5.41, 5.74) is 5.47. The van der Waals surface area contributed by atoms with Crippen molar-refractivity contribution in [1.29, 1.82) is 0 Å². The fraction of sp³-hybridized carbons (Fsp3) is 0.400. The summed E-state index contributed by atoms with van der Waals surface area (Å²) in [7, 11) is 0. The van der Waals surface area contributed by atoms with E-state index in [0.29, 0.717) is 18.8 Å². The van der Waals surface area contributed by atoms with Crippen LogP contribution in [-0.2, 0) is 13.2 Å². The minimum atomic E-state index is 0.0284. The molecule has 5 rings (SSSR count). The van der Waals surface area contributed by atoms with Gasteiger partial charge in [0.05, 0.1) is 6.67 Å². The zero-order chi connectivity index (χ0) is 22.9. The van der Waals surface area contributed by atoms with Crippen molar-refractivity contribution in [2.45, 2.75) is 64.8 Å². The number of carbonyl (C=O) groups excluding carboxylic acids is 1. The van der Waals surface area contributed by atoms with Gasteiger partial charge in [-0.05, 0) is 92.7 Å². The average Bonchev–Trinajstić information content (AvgIpc) is 3.71. The van der Waals surface area contributed by atoms with Gasteiger partial charge in [-0.1, -0.05) is 29.5 Å². The van der Waals surface area contributed by atoms with Crippen LogP contribution in [-0.4, -0.2) is 32.7 Å². The molecule has 2 aliphatic carbocycles. The summed E-state index contributed by atoms with van der Waals surface area (Å²) < 4.78 is 2.68. The van der Waals surface area contributed by atoms with E-state index in [1.54, 1.807) is 0 Å². The number of carbonyl (C=O) groups is 1. The van der Waals surface area contributed by atoms with Crippen LogP contribution in [0.15, 0.2) is 42.5 Å². The molecule has 2 aromatic carbocycles. The summed E-state index contributed by atoms with van der Waals surface area (Å²) in [5.74, 6) is 0.0284. The lowest BCUT2D eigenvalue weighted by Gasteiger charge is -2.22. The fourth-order valence-corrected chi connectivity index (χ4v) is 4.80. The van der Waals surface area contributed by atoms with Gasteiger partial charge in [-0.2, -0.15) is 0 Å². The maximum atomic E-state index is 12.2. The highest BCUT2D eigenvalue weighted by molar-refractivity contribution is 7.73. The van der Waals surface area contributed by atoms with E-state index in [4.69, 9.17) is 17.3 Å². The van der Waals surface area contributed by atoms with Gasteiger partial charge in [0.1, 0.15) is 0 Å². The molecule has 2 N–H and O–H groups in total. The number of rotatable bonds is 9. The zero-order valence-corrected chi connectivity index (χ0v) is 20.6. The third-order valence-electron chi connectivity index (χ3n) is 6.26. The van der Waals surface area contributed by atoms with Crippen molar-refractivity contribution in [1.82, 2.24) is 20.0 Å². The molecule has 0 saturated heterocycles. The number of amides is 1. The fourth-order valence-electron chi connectivity index (χ4n) is 3.79. The number of hydrogen-bond donors (Lipinski definition) is 2. The van der Waals surface area contributed by atoms with E-state index in [2.05, 4.69) is 59.7 Å². The SMILES string of the molecule is Cc1ccc(Nc2nn(CN(Cc3ccc(C(=O)NC4CC4)cc3)C3CC3)c(=S)s2)cc1C. The highest BCUT2D eigenvalue weighted by Gasteiger charge is 2.30. The van der Waals surface area contributed by atoms with E-state index in [1.165, 1.54) is 40.9 Å². The van der Waals surface area contributed by atoms with Crippen molar-refractivity contribution in [2.24, 2.45) is 0 Å². The summed E-state index contributed by atoms with van der Waals surface area (Å²) in [5, 5.41) is 12.0. The van der Waals surface area contributed by atoms with E-state index >= 15 is 0 Å². The van der Waals surface area contributed by atoms with E-state index in [1.807, 2.05) is 16.8 Å². The first kappa shape index (κ1) is 22.3. The molecule has 0 aliphatic heterocycles. The molecule has 2 aliphatic rings. The van der Waals surface area contributed by atoms with Gasteiger partial charge >= 0.3 is 0 Å². The monoisotopic (exact) mass is 479 g/mol. The maximum absolute atomic E-state index is 12.2. The lowest BCUT2D eigenvalue weighted by Crippen LogP contribution is -2.29. The van der Waals surface area contributed by atoms with Gasteiger partial charge in [0.25, 0.3) is 5.91 Å². The van der Waals surface area contributed by atoms with Crippen LogP contribution in [0, 0.1) is 17.8 Å². The standard InChI is InChI=1S/C25H29N5OS2/c1-16-3-8-21(13-17(16)2)27-24-28-30(25(32)33-24)15-29(22-11-12-22)14-18-4-6-19(7-5-18)23(31)26-20-9-10-20/h3-8,13,20,22H,9-12,14-15H2,1-2H3,(H,26,31)(H,27,28). The number of nitrogens with zero attached hydrogens (tertiary/aromatic N) is 3. The Balaban J connectivity index is 1.24. The van der Waals surface area contributed by atoms with Crippen LogP contribution < -0.4 is 10.6 Å². The Morgan fingerprint density at radius 2 is 1.88 bits per heavy atom. The van der Waals surface area contributed by atoms with Crippen molar-refractivity contribution < 1.29 is 4.79 Å². The van der Waals surface area contributed by atoms with Crippen molar-refractivity contribution >= 4 is 40.3 Å². The Morgan fingerprint density at radius 1 is 1.12 bits per heavy atom. The van der Waals surface area contributed by atoms with Gasteiger partial charge in [-0.3, -0.25) is 9.69 Å². The van der Waals surface area contributed by atoms with Crippen molar-refractivity contribution in [3.8, 4) is 0 Å². The number of benzene rings is 2. The predicted molar refractivity (Wildman–Crippen MR) is 136 cm³/mol. The van der Waals surface area contributed by atoms with Gasteiger partial charge in [0, 0.05) is 29.9 Å². The highest BCUT2D eigenvalue weighted by atomic mass is 32.1. The molecule has 2 saturated carbocycles. The second-order valence-corrected chi connectivity index (χ2v) is 10.8. The van der Waals surface area contributed by atoms with Gasteiger partial charge in [0.2, 0.25) is 5.13 Å². The van der Waals surface area contributed by atoms with Crippen molar-refractivity contribution in [3.63, 3.8) is 0 Å². The molecular formula is C25H29N5OS2. The Hall–Kier alpha value is -2.55. The first-order valence-corrected chi connectivity index (χ1v) is 12.7. The topological polar surface area (TPSA) is 62.2 Å². The van der Waals surface area contributed by atoms with Crippen LogP contribution in [0.3, 0.4) is 0 Å². The average molecular weight is 480 g/mol. The third-order valence-corrected chi connectivity index (χ3v) is 7.48. The van der Waals surface area contributed by atoms with Crippen LogP contribution in [0.2, 0.25) is 0 Å². The van der Waals surface area contributed by atoms with E-state index in [0.717, 1.165) is 39.7 Å².